The van der Waals surface area contributed by atoms with Crippen LogP contribution in [0.1, 0.15) is 35.6 Å². The smallest absolute Gasteiger partial charge is 0.289 e. The molecule has 0 bridgehead atoms. The van der Waals surface area contributed by atoms with E-state index >= 15 is 0 Å². The molecular weight excluding hydrogens is 302 g/mol. The highest BCUT2D eigenvalue weighted by atomic mass is 35.7. The number of rotatable bonds is 2. The second kappa shape index (κ2) is 4.77. The van der Waals surface area contributed by atoms with Crippen molar-refractivity contribution in [1.29, 1.82) is 0 Å². The van der Waals surface area contributed by atoms with Crippen molar-refractivity contribution in [3.05, 3.63) is 17.6 Å². The standard InChI is InChI=1S/C13H16ClNO4S/c1-8-12(20(14,17)18)5-11(19-8)13(16)15-6-9-3-2-4-10(9)7-15/h5,9-10H,2-4,6-7H2,1H3. The topological polar surface area (TPSA) is 67.6 Å². The summed E-state index contributed by atoms with van der Waals surface area (Å²) in [5.74, 6) is 1.15. The third-order valence-electron chi connectivity index (χ3n) is 4.36. The summed E-state index contributed by atoms with van der Waals surface area (Å²) in [4.78, 5) is 14.0. The number of hydrogen-bond donors (Lipinski definition) is 0. The molecule has 110 valence electrons. The van der Waals surface area contributed by atoms with E-state index in [0.717, 1.165) is 13.1 Å². The Balaban J connectivity index is 1.82. The van der Waals surface area contributed by atoms with Crippen LogP contribution in [-0.2, 0) is 9.05 Å². The molecule has 3 rings (SSSR count). The molecule has 2 aliphatic rings. The van der Waals surface area contributed by atoms with Crippen molar-refractivity contribution in [2.75, 3.05) is 13.1 Å². The van der Waals surface area contributed by atoms with Crippen molar-refractivity contribution < 1.29 is 17.6 Å². The molecule has 5 nitrogen and oxygen atoms in total. The fourth-order valence-electron chi connectivity index (χ4n) is 3.37. The molecule has 2 fully saturated rings. The van der Waals surface area contributed by atoms with Gasteiger partial charge in [-0.25, -0.2) is 8.42 Å². The molecule has 0 spiro atoms. The number of aryl methyl sites for hydroxylation is 1. The second-order valence-electron chi connectivity index (χ2n) is 5.63. The maximum absolute atomic E-state index is 12.4. The predicted octanol–water partition coefficient (Wildman–Crippen LogP) is 2.39. The first-order chi connectivity index (χ1) is 9.36. The van der Waals surface area contributed by atoms with E-state index in [2.05, 4.69) is 0 Å². The molecule has 1 aliphatic heterocycles. The Labute approximate surface area is 122 Å². The molecule has 1 aliphatic carbocycles. The minimum Gasteiger partial charge on any atom is -0.455 e. The van der Waals surface area contributed by atoms with Crippen molar-refractivity contribution >= 4 is 25.6 Å². The summed E-state index contributed by atoms with van der Waals surface area (Å²) >= 11 is 0. The number of likely N-dealkylation sites (tertiary alicyclic amines) is 1. The molecule has 1 aromatic heterocycles. The number of furan rings is 1. The molecular formula is C13H16ClNO4S. The summed E-state index contributed by atoms with van der Waals surface area (Å²) in [6.07, 6.45) is 3.59. The fourth-order valence-corrected chi connectivity index (χ4v) is 4.46. The first-order valence-corrected chi connectivity index (χ1v) is 9.01. The number of nitrogens with zero attached hydrogens (tertiary/aromatic N) is 1. The van der Waals surface area contributed by atoms with Crippen molar-refractivity contribution in [2.24, 2.45) is 11.8 Å². The van der Waals surface area contributed by atoms with E-state index in [1.54, 1.807) is 4.90 Å². The van der Waals surface area contributed by atoms with Crippen LogP contribution < -0.4 is 0 Å². The van der Waals surface area contributed by atoms with Crippen molar-refractivity contribution in [2.45, 2.75) is 31.1 Å². The second-order valence-corrected chi connectivity index (χ2v) is 8.16. The highest BCUT2D eigenvalue weighted by Crippen LogP contribution is 2.38. The normalized spacial score (nSPS) is 26.0. The van der Waals surface area contributed by atoms with Crippen LogP contribution in [0.15, 0.2) is 15.4 Å². The van der Waals surface area contributed by atoms with E-state index in [0.29, 0.717) is 11.8 Å². The van der Waals surface area contributed by atoms with Gasteiger partial charge in [-0.15, -0.1) is 0 Å². The quantitative estimate of drug-likeness (QED) is 0.785. The zero-order chi connectivity index (χ0) is 14.5. The van der Waals surface area contributed by atoms with E-state index in [1.807, 2.05) is 0 Å². The maximum Gasteiger partial charge on any atom is 0.289 e. The van der Waals surface area contributed by atoms with E-state index in [1.165, 1.54) is 32.3 Å². The lowest BCUT2D eigenvalue weighted by Gasteiger charge is -2.15. The van der Waals surface area contributed by atoms with Gasteiger partial charge in [0.25, 0.3) is 15.0 Å². The van der Waals surface area contributed by atoms with Crippen molar-refractivity contribution in [3.63, 3.8) is 0 Å². The van der Waals surface area contributed by atoms with E-state index in [-0.39, 0.29) is 22.3 Å². The van der Waals surface area contributed by atoms with Gasteiger partial charge >= 0.3 is 0 Å². The Hall–Kier alpha value is -1.01. The molecule has 2 heterocycles. The number of carbonyl (C=O) groups is 1. The van der Waals surface area contributed by atoms with Crippen LogP contribution in [0.25, 0.3) is 0 Å². The highest BCUT2D eigenvalue weighted by Gasteiger charge is 2.39. The van der Waals surface area contributed by atoms with Gasteiger partial charge in [-0.2, -0.15) is 0 Å². The summed E-state index contributed by atoms with van der Waals surface area (Å²) in [5.41, 5.74) is 0. The minimum atomic E-state index is -3.88. The minimum absolute atomic E-state index is 0.0571. The predicted molar refractivity (Wildman–Crippen MR) is 73.2 cm³/mol. The first kappa shape index (κ1) is 13.9. The SMILES string of the molecule is Cc1oc(C(=O)N2CC3CCCC3C2)cc1S(=O)(=O)Cl. The lowest BCUT2D eigenvalue weighted by atomic mass is 10.0. The van der Waals surface area contributed by atoms with Crippen LogP contribution in [0.5, 0.6) is 0 Å². The largest absolute Gasteiger partial charge is 0.455 e. The summed E-state index contributed by atoms with van der Waals surface area (Å²) in [7, 11) is 1.43. The summed E-state index contributed by atoms with van der Waals surface area (Å²) in [5, 5.41) is 0. The summed E-state index contributed by atoms with van der Waals surface area (Å²) < 4.78 is 28.0. The van der Waals surface area contributed by atoms with E-state index < -0.39 is 9.05 Å². The number of halogens is 1. The Morgan fingerprint density at radius 3 is 2.45 bits per heavy atom. The molecule has 1 saturated heterocycles. The van der Waals surface area contributed by atoms with Gasteiger partial charge in [0.15, 0.2) is 5.76 Å². The molecule has 2 atom stereocenters. The molecule has 0 N–H and O–H groups in total. The van der Waals surface area contributed by atoms with Crippen LogP contribution in [0.2, 0.25) is 0 Å². The van der Waals surface area contributed by atoms with Gasteiger partial charge in [0, 0.05) is 29.8 Å². The van der Waals surface area contributed by atoms with Gasteiger partial charge in [-0.3, -0.25) is 4.79 Å². The Morgan fingerprint density at radius 2 is 1.95 bits per heavy atom. The highest BCUT2D eigenvalue weighted by molar-refractivity contribution is 8.13. The van der Waals surface area contributed by atoms with Crippen LogP contribution >= 0.6 is 10.7 Å². The van der Waals surface area contributed by atoms with Gasteiger partial charge < -0.3 is 9.32 Å². The number of hydrogen-bond acceptors (Lipinski definition) is 4. The Kier molecular flexibility index (Phi) is 3.33. The van der Waals surface area contributed by atoms with Crippen LogP contribution in [-0.4, -0.2) is 32.3 Å². The van der Waals surface area contributed by atoms with E-state index in [9.17, 15) is 13.2 Å². The Morgan fingerprint density at radius 1 is 1.35 bits per heavy atom. The monoisotopic (exact) mass is 317 g/mol. The molecule has 0 radical (unpaired) electrons. The maximum atomic E-state index is 12.4. The van der Waals surface area contributed by atoms with Gasteiger partial charge in [-0.05, 0) is 31.6 Å². The lowest BCUT2D eigenvalue weighted by Crippen LogP contribution is -2.29. The zero-order valence-electron chi connectivity index (χ0n) is 11.1. The number of fused-ring (bicyclic) bond motifs is 1. The lowest BCUT2D eigenvalue weighted by molar-refractivity contribution is 0.0747. The molecule has 1 amide bonds. The molecule has 0 aromatic carbocycles. The van der Waals surface area contributed by atoms with Gasteiger partial charge in [0.05, 0.1) is 0 Å². The molecule has 2 unspecified atom stereocenters. The summed E-state index contributed by atoms with van der Waals surface area (Å²) in [6.45, 7) is 2.98. The first-order valence-electron chi connectivity index (χ1n) is 6.70. The number of carbonyl (C=O) groups excluding carboxylic acids is 1. The average molecular weight is 318 g/mol. The van der Waals surface area contributed by atoms with Gasteiger partial charge in [-0.1, -0.05) is 6.42 Å². The van der Waals surface area contributed by atoms with Crippen LogP contribution in [0.4, 0.5) is 0 Å². The molecule has 1 aromatic rings. The Bertz CT molecular complexity index is 639. The number of amides is 1. The van der Waals surface area contributed by atoms with Gasteiger partial charge in [0.1, 0.15) is 10.7 Å². The van der Waals surface area contributed by atoms with Crippen molar-refractivity contribution in [1.82, 2.24) is 4.90 Å². The van der Waals surface area contributed by atoms with Crippen LogP contribution in [0, 0.1) is 18.8 Å². The third-order valence-corrected chi connectivity index (χ3v) is 5.79. The molecule has 1 saturated carbocycles. The fraction of sp³-hybridized carbons (Fsp3) is 0.615. The van der Waals surface area contributed by atoms with Gasteiger partial charge in [0.2, 0.25) is 0 Å². The molecule has 7 heteroatoms. The zero-order valence-corrected chi connectivity index (χ0v) is 12.7. The van der Waals surface area contributed by atoms with Crippen molar-refractivity contribution in [3.8, 4) is 0 Å². The third kappa shape index (κ3) is 2.35. The average Bonchev–Trinajstić information content (AvgIpc) is 2.98. The van der Waals surface area contributed by atoms with E-state index in [4.69, 9.17) is 15.1 Å². The summed E-state index contributed by atoms with van der Waals surface area (Å²) in [6, 6.07) is 1.23. The molecule has 20 heavy (non-hydrogen) atoms. The van der Waals surface area contributed by atoms with Crippen LogP contribution in [0.3, 0.4) is 0 Å².